The summed E-state index contributed by atoms with van der Waals surface area (Å²) in [5.41, 5.74) is 0.665. The first-order chi connectivity index (χ1) is 10.8. The fourth-order valence-electron chi connectivity index (χ4n) is 1.72. The first-order valence-corrected chi connectivity index (χ1v) is 10.0. The van der Waals surface area contributed by atoms with Gasteiger partial charge in [-0.3, -0.25) is 4.28 Å². The molecule has 0 radical (unpaired) electrons. The van der Waals surface area contributed by atoms with Gasteiger partial charge >= 0.3 is 10.1 Å². The molecule has 6 nitrogen and oxygen atoms in total. The number of rotatable bonds is 3. The van der Waals surface area contributed by atoms with Crippen molar-refractivity contribution in [2.24, 2.45) is 5.16 Å². The topological polar surface area (TPSA) is 68.2 Å². The van der Waals surface area contributed by atoms with Crippen molar-refractivity contribution in [2.45, 2.75) is 0 Å². The van der Waals surface area contributed by atoms with Crippen LogP contribution in [0.2, 0.25) is 5.02 Å². The zero-order valence-electron chi connectivity index (χ0n) is 12.3. The van der Waals surface area contributed by atoms with E-state index in [0.29, 0.717) is 46.3 Å². The van der Waals surface area contributed by atoms with Gasteiger partial charge in [0, 0.05) is 23.7 Å². The number of thiocarbonyl (C=S) groups is 1. The van der Waals surface area contributed by atoms with Gasteiger partial charge in [0.25, 0.3) is 0 Å². The monoisotopic (exact) mass is 394 g/mol. The van der Waals surface area contributed by atoms with E-state index in [1.54, 1.807) is 24.3 Å². The largest absolute Gasteiger partial charge is 0.378 e. The molecule has 1 aromatic rings. The number of nitrogens with zero attached hydrogens (tertiary/aromatic N) is 2. The normalized spacial score (nSPS) is 16.3. The Hall–Kier alpha value is -0.870. The molecule has 1 aromatic carbocycles. The lowest BCUT2D eigenvalue weighted by Gasteiger charge is -2.28. The summed E-state index contributed by atoms with van der Waals surface area (Å²) in [5, 5.41) is 4.65. The van der Waals surface area contributed by atoms with E-state index in [4.69, 9.17) is 28.6 Å². The van der Waals surface area contributed by atoms with Gasteiger partial charge in [0.15, 0.2) is 5.04 Å². The Balaban J connectivity index is 2.18. The number of ether oxygens (including phenoxy) is 1. The van der Waals surface area contributed by atoms with Crippen molar-refractivity contribution in [3.63, 3.8) is 0 Å². The number of halogens is 1. The van der Waals surface area contributed by atoms with Gasteiger partial charge in [0.2, 0.25) is 0 Å². The average molecular weight is 395 g/mol. The third-order valence-electron chi connectivity index (χ3n) is 2.80. The summed E-state index contributed by atoms with van der Waals surface area (Å²) < 4.78 is 32.8. The van der Waals surface area contributed by atoms with Crippen molar-refractivity contribution in [3.05, 3.63) is 34.9 Å². The standard InChI is InChI=1S/C13H15ClN2O4S3/c1-23(17,18)20-15-12(10-2-4-11(14)5-3-10)22-13(21)16-6-8-19-9-7-16/h2-5H,6-9H2,1H3/b15-12-. The highest BCUT2D eigenvalue weighted by Crippen LogP contribution is 2.21. The number of thioether (sulfide) groups is 1. The van der Waals surface area contributed by atoms with Crippen LogP contribution in [0.3, 0.4) is 0 Å². The maximum absolute atomic E-state index is 11.2. The van der Waals surface area contributed by atoms with Crippen molar-refractivity contribution in [3.8, 4) is 0 Å². The van der Waals surface area contributed by atoms with Crippen molar-refractivity contribution >= 4 is 55.1 Å². The van der Waals surface area contributed by atoms with Crippen LogP contribution in [0.4, 0.5) is 0 Å². The highest BCUT2D eigenvalue weighted by Gasteiger charge is 2.18. The molecule has 126 valence electrons. The lowest BCUT2D eigenvalue weighted by molar-refractivity contribution is 0.0703. The van der Waals surface area contributed by atoms with Crippen molar-refractivity contribution in [2.75, 3.05) is 32.6 Å². The van der Waals surface area contributed by atoms with Crippen LogP contribution in [0, 0.1) is 0 Å². The Morgan fingerprint density at radius 2 is 1.96 bits per heavy atom. The molecule has 0 saturated carbocycles. The molecule has 0 aliphatic carbocycles. The Morgan fingerprint density at radius 1 is 1.35 bits per heavy atom. The minimum absolute atomic E-state index is 0.351. The van der Waals surface area contributed by atoms with Gasteiger partial charge in [-0.25, -0.2) is 0 Å². The van der Waals surface area contributed by atoms with Gasteiger partial charge in [0.1, 0.15) is 4.32 Å². The van der Waals surface area contributed by atoms with Gasteiger partial charge in [0.05, 0.1) is 19.5 Å². The first-order valence-electron chi connectivity index (χ1n) is 6.62. The Bertz CT molecular complexity index is 686. The first kappa shape index (κ1) is 18.5. The zero-order chi connectivity index (χ0) is 16.9. The molecule has 0 amide bonds. The predicted molar refractivity (Wildman–Crippen MR) is 96.5 cm³/mol. The molecule has 0 unspecified atom stereocenters. The molecular formula is C13H15ClN2O4S3. The van der Waals surface area contributed by atoms with Crippen LogP contribution in [0.5, 0.6) is 0 Å². The molecular weight excluding hydrogens is 380 g/mol. The average Bonchev–Trinajstić information content (AvgIpc) is 2.52. The predicted octanol–water partition coefficient (Wildman–Crippen LogP) is 2.33. The molecule has 10 heteroatoms. The Morgan fingerprint density at radius 3 is 2.52 bits per heavy atom. The molecule has 1 saturated heterocycles. The summed E-state index contributed by atoms with van der Waals surface area (Å²) in [5.74, 6) is 0. The SMILES string of the molecule is CS(=O)(=O)O/N=C(\SC(=S)N1CCOCC1)c1ccc(Cl)cc1. The fraction of sp³-hybridized carbons (Fsp3) is 0.385. The van der Waals surface area contributed by atoms with Crippen LogP contribution < -0.4 is 0 Å². The van der Waals surface area contributed by atoms with Crippen molar-refractivity contribution in [1.82, 2.24) is 4.90 Å². The molecule has 23 heavy (non-hydrogen) atoms. The quantitative estimate of drug-likeness (QED) is 0.337. The molecule has 0 bridgehead atoms. The Kier molecular flexibility index (Phi) is 6.66. The zero-order valence-corrected chi connectivity index (χ0v) is 15.5. The van der Waals surface area contributed by atoms with Gasteiger partial charge in [-0.05, 0) is 23.9 Å². The molecule has 1 heterocycles. The summed E-state index contributed by atoms with van der Waals surface area (Å²) in [6.07, 6.45) is 0.931. The van der Waals surface area contributed by atoms with Crippen molar-refractivity contribution in [1.29, 1.82) is 0 Å². The van der Waals surface area contributed by atoms with E-state index in [0.717, 1.165) is 6.26 Å². The number of hydrogen-bond donors (Lipinski definition) is 0. The second-order valence-electron chi connectivity index (χ2n) is 4.65. The molecule has 1 fully saturated rings. The van der Waals surface area contributed by atoms with E-state index < -0.39 is 10.1 Å². The van der Waals surface area contributed by atoms with Gasteiger partial charge in [-0.15, -0.1) is 0 Å². The van der Waals surface area contributed by atoms with Crippen LogP contribution in [0.25, 0.3) is 0 Å². The molecule has 0 spiro atoms. The van der Waals surface area contributed by atoms with Crippen LogP contribution in [-0.2, 0) is 19.1 Å². The van der Waals surface area contributed by atoms with Gasteiger partial charge in [-0.1, -0.05) is 41.1 Å². The second-order valence-corrected chi connectivity index (χ2v) is 8.27. The summed E-state index contributed by atoms with van der Waals surface area (Å²) >= 11 is 12.4. The summed E-state index contributed by atoms with van der Waals surface area (Å²) in [7, 11) is -3.70. The smallest absolute Gasteiger partial charge is 0.325 e. The van der Waals surface area contributed by atoms with Gasteiger partial charge < -0.3 is 9.64 Å². The Labute approximate surface area is 149 Å². The third kappa shape index (κ3) is 6.27. The van der Waals surface area contributed by atoms with E-state index in [9.17, 15) is 8.42 Å². The highest BCUT2D eigenvalue weighted by atomic mass is 35.5. The van der Waals surface area contributed by atoms with Crippen LogP contribution in [-0.4, -0.2) is 55.2 Å². The molecule has 1 aliphatic heterocycles. The number of morpholine rings is 1. The molecule has 0 N–H and O–H groups in total. The minimum atomic E-state index is -3.70. The van der Waals surface area contributed by atoms with E-state index in [-0.39, 0.29) is 0 Å². The van der Waals surface area contributed by atoms with Crippen LogP contribution in [0.1, 0.15) is 5.56 Å². The number of hydrogen-bond acceptors (Lipinski definition) is 7. The van der Waals surface area contributed by atoms with E-state index >= 15 is 0 Å². The number of oxime groups is 1. The number of benzene rings is 1. The maximum atomic E-state index is 11.2. The third-order valence-corrected chi connectivity index (χ3v) is 4.84. The summed E-state index contributed by atoms with van der Waals surface area (Å²) in [6.45, 7) is 2.58. The molecule has 0 atom stereocenters. The molecule has 1 aliphatic rings. The summed E-state index contributed by atoms with van der Waals surface area (Å²) in [6, 6.07) is 6.82. The van der Waals surface area contributed by atoms with Gasteiger partial charge in [-0.2, -0.15) is 8.42 Å². The lowest BCUT2D eigenvalue weighted by Crippen LogP contribution is -2.39. The van der Waals surface area contributed by atoms with Crippen LogP contribution >= 0.6 is 35.6 Å². The van der Waals surface area contributed by atoms with Crippen LogP contribution in [0.15, 0.2) is 29.4 Å². The maximum Gasteiger partial charge on any atom is 0.325 e. The minimum Gasteiger partial charge on any atom is -0.378 e. The lowest BCUT2D eigenvalue weighted by atomic mass is 10.2. The second kappa shape index (κ2) is 8.29. The molecule has 0 aromatic heterocycles. The van der Waals surface area contributed by atoms with E-state index in [1.807, 2.05) is 4.90 Å². The van der Waals surface area contributed by atoms with E-state index in [1.165, 1.54) is 11.8 Å². The highest BCUT2D eigenvalue weighted by molar-refractivity contribution is 8.33. The van der Waals surface area contributed by atoms with E-state index in [2.05, 4.69) is 9.44 Å². The molecule has 2 rings (SSSR count). The fourth-order valence-corrected chi connectivity index (χ4v) is 3.33. The van der Waals surface area contributed by atoms with Crippen molar-refractivity contribution < 1.29 is 17.4 Å². The summed E-state index contributed by atoms with van der Waals surface area (Å²) in [4.78, 5) is 1.98.